The first kappa shape index (κ1) is 21.1. The average Bonchev–Trinajstić information content (AvgIpc) is 3.03. The van der Waals surface area contributed by atoms with E-state index >= 15 is 0 Å². The molecule has 142 valence electrons. The van der Waals surface area contributed by atoms with E-state index in [0.29, 0.717) is 16.0 Å². The largest absolute Gasteiger partial charge is 0.483 e. The number of aryl methyl sites for hydroxylation is 1. The highest BCUT2D eigenvalue weighted by Crippen LogP contribution is 2.27. The lowest BCUT2D eigenvalue weighted by Crippen LogP contribution is -2.49. The van der Waals surface area contributed by atoms with Crippen LogP contribution >= 0.6 is 44.1 Å². The lowest BCUT2D eigenvalue weighted by atomic mass is 10.3. The molecule has 3 N–H and O–H groups in total. The maximum absolute atomic E-state index is 11.8. The second-order valence-electron chi connectivity index (χ2n) is 5.14. The van der Waals surface area contributed by atoms with Crippen molar-refractivity contribution in [3.63, 3.8) is 0 Å². The minimum atomic E-state index is -0.469. The highest BCUT2D eigenvalue weighted by Gasteiger charge is 2.07. The van der Waals surface area contributed by atoms with E-state index in [9.17, 15) is 9.59 Å². The molecule has 2 amide bonds. The van der Waals surface area contributed by atoms with Crippen LogP contribution in [0.2, 0.25) is 0 Å². The second-order valence-corrected chi connectivity index (χ2v) is 7.31. The van der Waals surface area contributed by atoms with Gasteiger partial charge in [0, 0.05) is 10.5 Å². The number of furan rings is 1. The standard InChI is InChI=1S/C17H15Br2N3O4S/c1-10-2-4-12(26-10)5-7-15(23)20-17(27)22-21-16(24)9-25-14-6-3-11(18)8-13(14)19/h2-8H,9H2,1H3,(H,21,24)(H2,20,22,23,27)/b7-5+. The van der Waals surface area contributed by atoms with E-state index in [2.05, 4.69) is 48.0 Å². The number of rotatable bonds is 5. The van der Waals surface area contributed by atoms with Gasteiger partial charge in [-0.25, -0.2) is 0 Å². The van der Waals surface area contributed by atoms with Crippen LogP contribution < -0.4 is 20.9 Å². The first-order chi connectivity index (χ1) is 12.8. The van der Waals surface area contributed by atoms with Gasteiger partial charge in [-0.3, -0.25) is 25.8 Å². The molecule has 0 spiro atoms. The topological polar surface area (TPSA) is 92.6 Å². The molecule has 0 aliphatic heterocycles. The zero-order valence-corrected chi connectivity index (χ0v) is 18.0. The Labute approximate surface area is 177 Å². The number of hydrogen-bond donors (Lipinski definition) is 3. The molecule has 1 heterocycles. The lowest BCUT2D eigenvalue weighted by molar-refractivity contribution is -0.123. The molecule has 0 radical (unpaired) electrons. The van der Waals surface area contributed by atoms with Gasteiger partial charge in [0.25, 0.3) is 5.91 Å². The summed E-state index contributed by atoms with van der Waals surface area (Å²) < 4.78 is 12.3. The molecule has 0 unspecified atom stereocenters. The van der Waals surface area contributed by atoms with Crippen molar-refractivity contribution in [2.75, 3.05) is 6.61 Å². The Balaban J connectivity index is 1.70. The number of halogens is 2. The summed E-state index contributed by atoms with van der Waals surface area (Å²) in [4.78, 5) is 23.5. The van der Waals surface area contributed by atoms with Gasteiger partial charge in [0.2, 0.25) is 5.91 Å². The Morgan fingerprint density at radius 3 is 2.67 bits per heavy atom. The number of nitrogens with one attached hydrogen (secondary N) is 3. The van der Waals surface area contributed by atoms with E-state index in [4.69, 9.17) is 21.4 Å². The third kappa shape index (κ3) is 7.53. The molecule has 0 saturated heterocycles. The Bertz CT molecular complexity index is 883. The molecule has 10 heteroatoms. The molecule has 0 atom stereocenters. The number of ether oxygens (including phenoxy) is 1. The lowest BCUT2D eigenvalue weighted by Gasteiger charge is -2.11. The van der Waals surface area contributed by atoms with E-state index in [1.54, 1.807) is 37.3 Å². The fourth-order valence-electron chi connectivity index (χ4n) is 1.78. The van der Waals surface area contributed by atoms with Gasteiger partial charge < -0.3 is 9.15 Å². The summed E-state index contributed by atoms with van der Waals surface area (Å²) in [5, 5.41) is 2.33. The van der Waals surface area contributed by atoms with Gasteiger partial charge in [-0.1, -0.05) is 15.9 Å². The zero-order valence-electron chi connectivity index (χ0n) is 14.0. The van der Waals surface area contributed by atoms with Crippen molar-refractivity contribution in [1.29, 1.82) is 0 Å². The third-order valence-electron chi connectivity index (χ3n) is 2.96. The van der Waals surface area contributed by atoms with Gasteiger partial charge in [0.15, 0.2) is 11.7 Å². The van der Waals surface area contributed by atoms with Gasteiger partial charge in [-0.05, 0) is 71.5 Å². The van der Waals surface area contributed by atoms with Crippen LogP contribution in [-0.2, 0) is 9.59 Å². The SMILES string of the molecule is Cc1ccc(/C=C/C(=O)NC(=S)NNC(=O)COc2ccc(Br)cc2Br)o1. The minimum absolute atomic E-state index is 0.0570. The number of hydrogen-bond acceptors (Lipinski definition) is 5. The average molecular weight is 517 g/mol. The molecule has 2 aromatic rings. The summed E-state index contributed by atoms with van der Waals surface area (Å²) in [6.45, 7) is 1.57. The minimum Gasteiger partial charge on any atom is -0.483 e. The van der Waals surface area contributed by atoms with Gasteiger partial charge in [-0.15, -0.1) is 0 Å². The van der Waals surface area contributed by atoms with Crippen LogP contribution in [0, 0.1) is 6.92 Å². The van der Waals surface area contributed by atoms with Crippen molar-refractivity contribution in [3.8, 4) is 5.75 Å². The quantitative estimate of drug-likeness (QED) is 0.321. The van der Waals surface area contributed by atoms with Gasteiger partial charge >= 0.3 is 0 Å². The van der Waals surface area contributed by atoms with Crippen molar-refractivity contribution in [2.24, 2.45) is 0 Å². The third-order valence-corrected chi connectivity index (χ3v) is 4.28. The fraction of sp³-hybridized carbons (Fsp3) is 0.118. The predicted octanol–water partition coefficient (Wildman–Crippen LogP) is 3.23. The fourth-order valence-corrected chi connectivity index (χ4v) is 3.10. The summed E-state index contributed by atoms with van der Waals surface area (Å²) in [6.07, 6.45) is 2.77. The Hall–Kier alpha value is -2.17. The maximum Gasteiger partial charge on any atom is 0.276 e. The van der Waals surface area contributed by atoms with E-state index in [1.165, 1.54) is 12.2 Å². The summed E-state index contributed by atoms with van der Waals surface area (Å²) >= 11 is 11.6. The molecule has 2 rings (SSSR count). The van der Waals surface area contributed by atoms with Crippen LogP contribution in [0.15, 0.2) is 49.8 Å². The maximum atomic E-state index is 11.8. The van der Waals surface area contributed by atoms with Gasteiger partial charge in [-0.2, -0.15) is 0 Å². The Morgan fingerprint density at radius 1 is 1.22 bits per heavy atom. The summed E-state index contributed by atoms with van der Waals surface area (Å²) in [5.74, 6) is 0.870. The van der Waals surface area contributed by atoms with E-state index < -0.39 is 11.8 Å². The number of thiocarbonyl (C=S) groups is 1. The monoisotopic (exact) mass is 515 g/mol. The molecule has 0 saturated carbocycles. The Kier molecular flexibility index (Phi) is 8.01. The van der Waals surface area contributed by atoms with Crippen LogP contribution in [0.1, 0.15) is 11.5 Å². The number of carbonyl (C=O) groups is 2. The number of amides is 2. The van der Waals surface area contributed by atoms with Crippen LogP contribution in [-0.4, -0.2) is 23.5 Å². The van der Waals surface area contributed by atoms with Crippen molar-refractivity contribution < 1.29 is 18.7 Å². The molecule has 27 heavy (non-hydrogen) atoms. The molecular weight excluding hydrogens is 502 g/mol. The smallest absolute Gasteiger partial charge is 0.276 e. The summed E-state index contributed by atoms with van der Waals surface area (Å²) in [7, 11) is 0. The van der Waals surface area contributed by atoms with E-state index in [1.807, 2.05) is 0 Å². The first-order valence-electron chi connectivity index (χ1n) is 7.55. The van der Waals surface area contributed by atoms with Gasteiger partial charge in [0.1, 0.15) is 17.3 Å². The summed E-state index contributed by atoms with van der Waals surface area (Å²) in [5.41, 5.74) is 4.75. The molecule has 0 aliphatic carbocycles. The number of carbonyl (C=O) groups excluding carboxylic acids is 2. The van der Waals surface area contributed by atoms with E-state index in [0.717, 1.165) is 10.2 Å². The highest BCUT2D eigenvalue weighted by molar-refractivity contribution is 9.11. The van der Waals surface area contributed by atoms with Crippen LogP contribution in [0.3, 0.4) is 0 Å². The molecule has 7 nitrogen and oxygen atoms in total. The highest BCUT2D eigenvalue weighted by atomic mass is 79.9. The molecule has 0 fully saturated rings. The van der Waals surface area contributed by atoms with Crippen LogP contribution in [0.25, 0.3) is 6.08 Å². The van der Waals surface area contributed by atoms with Crippen molar-refractivity contribution in [1.82, 2.24) is 16.2 Å². The molecule has 1 aromatic carbocycles. The van der Waals surface area contributed by atoms with Crippen LogP contribution in [0.4, 0.5) is 0 Å². The first-order valence-corrected chi connectivity index (χ1v) is 9.55. The molecular formula is C17H15Br2N3O4S. The molecule has 0 aliphatic rings. The van der Waals surface area contributed by atoms with Crippen molar-refractivity contribution >= 4 is 67.1 Å². The summed E-state index contributed by atoms with van der Waals surface area (Å²) in [6, 6.07) is 8.83. The predicted molar refractivity (Wildman–Crippen MR) is 112 cm³/mol. The molecule has 0 bridgehead atoms. The normalized spacial score (nSPS) is 10.5. The zero-order chi connectivity index (χ0) is 19.8. The Morgan fingerprint density at radius 2 is 2.00 bits per heavy atom. The van der Waals surface area contributed by atoms with E-state index in [-0.39, 0.29) is 11.7 Å². The molecule has 1 aromatic heterocycles. The number of hydrazine groups is 1. The van der Waals surface area contributed by atoms with Crippen LogP contribution in [0.5, 0.6) is 5.75 Å². The van der Waals surface area contributed by atoms with Gasteiger partial charge in [0.05, 0.1) is 4.47 Å². The van der Waals surface area contributed by atoms with Crippen molar-refractivity contribution in [2.45, 2.75) is 6.92 Å². The second kappa shape index (κ2) is 10.2. The number of benzene rings is 1. The van der Waals surface area contributed by atoms with Crippen molar-refractivity contribution in [3.05, 3.63) is 56.9 Å².